The number of ketones is 2. The molecular weight excluding hydrogens is 431 g/mol. The van der Waals surface area contributed by atoms with Crippen LogP contribution >= 0.6 is 0 Å². The van der Waals surface area contributed by atoms with Gasteiger partial charge in [-0.15, -0.1) is 0 Å². The number of carbonyl (C=O) groups is 4. The topological polar surface area (TPSA) is 107 Å². The molecule has 33 heavy (non-hydrogen) atoms. The van der Waals surface area contributed by atoms with Crippen molar-refractivity contribution < 1.29 is 38.1 Å². The van der Waals surface area contributed by atoms with Crippen molar-refractivity contribution in [2.24, 2.45) is 22.7 Å². The number of rotatable bonds is 4. The molecule has 180 valence electrons. The molecule has 0 aromatic carbocycles. The first kappa shape index (κ1) is 23.8. The largest absolute Gasteiger partial charge is 0.459 e. The number of aliphatic hydroxyl groups is 1. The molecule has 0 radical (unpaired) electrons. The zero-order chi connectivity index (χ0) is 24.4. The average molecular weight is 463 g/mol. The summed E-state index contributed by atoms with van der Waals surface area (Å²) in [5.74, 6) is -3.17. The van der Waals surface area contributed by atoms with Gasteiger partial charge in [-0.2, -0.15) is 0 Å². The molecule has 0 amide bonds. The van der Waals surface area contributed by atoms with Crippen molar-refractivity contribution in [2.75, 3.05) is 6.61 Å². The number of ether oxygens (including phenoxy) is 2. The van der Waals surface area contributed by atoms with Gasteiger partial charge in [0.1, 0.15) is 11.8 Å². The van der Waals surface area contributed by atoms with Crippen LogP contribution in [0.15, 0.2) is 23.8 Å². The minimum Gasteiger partial charge on any atom is -0.459 e. The highest BCUT2D eigenvalue weighted by Gasteiger charge is 2.74. The van der Waals surface area contributed by atoms with E-state index in [4.69, 9.17) is 9.47 Å². The van der Waals surface area contributed by atoms with E-state index in [0.29, 0.717) is 12.8 Å². The number of hydrogen-bond acceptors (Lipinski definition) is 7. The molecular formula is C25H31FO7. The lowest BCUT2D eigenvalue weighted by Crippen LogP contribution is -2.65. The van der Waals surface area contributed by atoms with Crippen LogP contribution in [0, 0.1) is 22.7 Å². The third-order valence-corrected chi connectivity index (χ3v) is 9.00. The number of halogens is 1. The van der Waals surface area contributed by atoms with Gasteiger partial charge in [0.25, 0.3) is 0 Å². The molecule has 4 aliphatic rings. The van der Waals surface area contributed by atoms with Crippen LogP contribution in [0.25, 0.3) is 0 Å². The molecule has 3 fully saturated rings. The quantitative estimate of drug-likeness (QED) is 0.640. The summed E-state index contributed by atoms with van der Waals surface area (Å²) < 4.78 is 27.3. The maximum Gasteiger partial charge on any atom is 0.303 e. The molecule has 4 aliphatic carbocycles. The first-order valence-electron chi connectivity index (χ1n) is 11.5. The molecule has 1 N–H and O–H groups in total. The van der Waals surface area contributed by atoms with Crippen LogP contribution in [-0.4, -0.2) is 52.6 Å². The lowest BCUT2D eigenvalue weighted by Gasteiger charge is -2.60. The van der Waals surface area contributed by atoms with Crippen molar-refractivity contribution in [2.45, 2.75) is 77.2 Å². The summed E-state index contributed by atoms with van der Waals surface area (Å²) >= 11 is 0. The van der Waals surface area contributed by atoms with E-state index >= 15 is 4.39 Å². The fourth-order valence-electron chi connectivity index (χ4n) is 7.20. The standard InChI is InChI=1S/C25H31FO7/c1-14(27)32-13-20(30)25(31)21(33-15(2)28)12-19-18-6-5-16-11-17(29)7-8-22(16,3)24(18,26)10-9-23(19,25)4/h7-8,11,18-19,21,31H,5-6,9-10,12-13H2,1-4H3. The van der Waals surface area contributed by atoms with E-state index < -0.39 is 64.4 Å². The predicted molar refractivity (Wildman–Crippen MR) is 114 cm³/mol. The summed E-state index contributed by atoms with van der Waals surface area (Å²) in [7, 11) is 0. The highest BCUT2D eigenvalue weighted by molar-refractivity contribution is 6.01. The smallest absolute Gasteiger partial charge is 0.303 e. The van der Waals surface area contributed by atoms with Crippen molar-refractivity contribution in [1.29, 1.82) is 0 Å². The fourth-order valence-corrected chi connectivity index (χ4v) is 7.20. The highest BCUT2D eigenvalue weighted by Crippen LogP contribution is 2.70. The van der Waals surface area contributed by atoms with Crippen molar-refractivity contribution >= 4 is 23.5 Å². The summed E-state index contributed by atoms with van der Waals surface area (Å²) in [6.45, 7) is 5.28. The molecule has 0 aromatic rings. The first-order valence-corrected chi connectivity index (χ1v) is 11.5. The second-order valence-electron chi connectivity index (χ2n) is 10.4. The lowest BCUT2D eigenvalue weighted by molar-refractivity contribution is -0.196. The van der Waals surface area contributed by atoms with Gasteiger partial charge in [0.05, 0.1) is 0 Å². The van der Waals surface area contributed by atoms with Gasteiger partial charge >= 0.3 is 11.9 Å². The lowest BCUT2D eigenvalue weighted by atomic mass is 9.45. The van der Waals surface area contributed by atoms with E-state index in [2.05, 4.69) is 0 Å². The second-order valence-corrected chi connectivity index (χ2v) is 10.4. The molecule has 4 rings (SSSR count). The number of carbonyl (C=O) groups excluding carboxylic acids is 4. The summed E-state index contributed by atoms with van der Waals surface area (Å²) in [6.07, 6.45) is 4.82. The van der Waals surface area contributed by atoms with Gasteiger partial charge in [0, 0.05) is 24.7 Å². The normalized spacial score (nSPS) is 43.6. The van der Waals surface area contributed by atoms with Gasteiger partial charge < -0.3 is 14.6 Å². The summed E-state index contributed by atoms with van der Waals surface area (Å²) in [4.78, 5) is 48.3. The summed E-state index contributed by atoms with van der Waals surface area (Å²) in [5, 5.41) is 11.8. The molecule has 0 heterocycles. The van der Waals surface area contributed by atoms with E-state index in [1.807, 2.05) is 6.92 Å². The number of hydrogen-bond donors (Lipinski definition) is 1. The van der Waals surface area contributed by atoms with Crippen LogP contribution in [0.1, 0.15) is 59.8 Å². The number of esters is 2. The van der Waals surface area contributed by atoms with Gasteiger partial charge in [0.2, 0.25) is 5.78 Å². The minimum atomic E-state index is -2.10. The molecule has 7 nitrogen and oxygen atoms in total. The monoisotopic (exact) mass is 462 g/mol. The molecule has 0 saturated heterocycles. The van der Waals surface area contributed by atoms with E-state index in [9.17, 15) is 24.3 Å². The zero-order valence-electron chi connectivity index (χ0n) is 19.5. The maximum atomic E-state index is 17.0. The Hall–Kier alpha value is -2.35. The summed E-state index contributed by atoms with van der Waals surface area (Å²) in [6, 6.07) is 0. The molecule has 7 atom stereocenters. The van der Waals surface area contributed by atoms with Gasteiger partial charge in [-0.05, 0) is 63.0 Å². The number of alkyl halides is 1. The SMILES string of the molecule is CC(=O)OCC(=O)C1(O)C(OC(C)=O)CC2C3CCC4=CC(=O)C=CC4(C)C3(F)CCC21C. The summed E-state index contributed by atoms with van der Waals surface area (Å²) in [5.41, 5.74) is -5.03. The van der Waals surface area contributed by atoms with Crippen LogP contribution in [0.2, 0.25) is 0 Å². The van der Waals surface area contributed by atoms with Crippen LogP contribution < -0.4 is 0 Å². The predicted octanol–water partition coefficient (Wildman–Crippen LogP) is 2.79. The molecule has 0 bridgehead atoms. The van der Waals surface area contributed by atoms with Crippen molar-refractivity contribution in [1.82, 2.24) is 0 Å². The fraction of sp³-hybridized carbons (Fsp3) is 0.680. The Morgan fingerprint density at radius 2 is 1.85 bits per heavy atom. The van der Waals surface area contributed by atoms with Crippen LogP contribution in [0.5, 0.6) is 0 Å². The van der Waals surface area contributed by atoms with Gasteiger partial charge in [-0.3, -0.25) is 19.2 Å². The number of Topliss-reactive ketones (excluding diaryl/α,β-unsaturated/α-hetero) is 1. The zero-order valence-corrected chi connectivity index (χ0v) is 19.5. The molecule has 3 saturated carbocycles. The Kier molecular flexibility index (Phi) is 5.47. The molecule has 0 aliphatic heterocycles. The third-order valence-electron chi connectivity index (χ3n) is 9.00. The molecule has 7 unspecified atom stereocenters. The second kappa shape index (κ2) is 7.58. The molecule has 0 spiro atoms. The number of fused-ring (bicyclic) bond motifs is 5. The first-order chi connectivity index (χ1) is 15.3. The Balaban J connectivity index is 1.75. The van der Waals surface area contributed by atoms with Gasteiger partial charge in [-0.25, -0.2) is 4.39 Å². The van der Waals surface area contributed by atoms with E-state index in [-0.39, 0.29) is 25.0 Å². The third kappa shape index (κ3) is 3.16. The van der Waals surface area contributed by atoms with Crippen LogP contribution in [-0.2, 0) is 28.7 Å². The van der Waals surface area contributed by atoms with Crippen molar-refractivity contribution in [3.63, 3.8) is 0 Å². The van der Waals surface area contributed by atoms with Crippen molar-refractivity contribution in [3.8, 4) is 0 Å². The van der Waals surface area contributed by atoms with E-state index in [0.717, 1.165) is 12.5 Å². The molecule has 0 aromatic heterocycles. The molecule has 8 heteroatoms. The van der Waals surface area contributed by atoms with E-state index in [1.165, 1.54) is 19.1 Å². The Morgan fingerprint density at radius 3 is 2.48 bits per heavy atom. The van der Waals surface area contributed by atoms with Gasteiger partial charge in [-0.1, -0.05) is 18.6 Å². The van der Waals surface area contributed by atoms with Crippen LogP contribution in [0.4, 0.5) is 4.39 Å². The van der Waals surface area contributed by atoms with E-state index in [1.54, 1.807) is 13.0 Å². The van der Waals surface area contributed by atoms with Gasteiger partial charge in [0.15, 0.2) is 18.0 Å². The number of allylic oxidation sites excluding steroid dienone is 4. The Bertz CT molecular complexity index is 985. The maximum absolute atomic E-state index is 17.0. The van der Waals surface area contributed by atoms with Crippen LogP contribution in [0.3, 0.4) is 0 Å². The van der Waals surface area contributed by atoms with Crippen molar-refractivity contribution in [3.05, 3.63) is 23.8 Å². The highest BCUT2D eigenvalue weighted by atomic mass is 19.1. The Morgan fingerprint density at radius 1 is 1.15 bits per heavy atom. The Labute approximate surface area is 192 Å². The average Bonchev–Trinajstić information content (AvgIpc) is 2.95. The minimum absolute atomic E-state index is 0.0764.